The van der Waals surface area contributed by atoms with E-state index in [0.29, 0.717) is 18.7 Å². The van der Waals surface area contributed by atoms with E-state index in [2.05, 4.69) is 6.58 Å². The highest BCUT2D eigenvalue weighted by Gasteiger charge is 2.11. The molecule has 0 aromatic carbocycles. The molecule has 0 aliphatic rings. The summed E-state index contributed by atoms with van der Waals surface area (Å²) in [7, 11) is 0. The fourth-order valence-electron chi connectivity index (χ4n) is 0.762. The van der Waals surface area contributed by atoms with Crippen molar-refractivity contribution in [1.29, 1.82) is 5.26 Å². The first kappa shape index (κ1) is 11.0. The van der Waals surface area contributed by atoms with Crippen LogP contribution in [0.5, 0.6) is 0 Å². The monoisotopic (exact) mass is 186 g/mol. The molecule has 12 heavy (non-hydrogen) atoms. The summed E-state index contributed by atoms with van der Waals surface area (Å²) in [4.78, 5) is 12.5. The minimum Gasteiger partial charge on any atom is -0.315 e. The second-order valence-electron chi connectivity index (χ2n) is 2.32. The van der Waals surface area contributed by atoms with Gasteiger partial charge in [-0.2, -0.15) is 5.26 Å². The van der Waals surface area contributed by atoms with E-state index in [1.165, 1.54) is 4.90 Å². The normalized spacial score (nSPS) is 8.75. The Morgan fingerprint density at radius 3 is 2.67 bits per heavy atom. The predicted octanol–water partition coefficient (Wildman–Crippen LogP) is 1.50. The number of allylic oxidation sites excluding steroid dienone is 1. The number of hydrogen-bond donors (Lipinski definition) is 0. The number of rotatable bonds is 4. The van der Waals surface area contributed by atoms with Crippen LogP contribution in [0.4, 0.5) is 0 Å². The van der Waals surface area contributed by atoms with Crippen LogP contribution in [0.2, 0.25) is 0 Å². The minimum atomic E-state index is -0.209. The number of amides is 1. The third-order valence-electron chi connectivity index (χ3n) is 1.32. The van der Waals surface area contributed by atoms with E-state index < -0.39 is 0 Å². The lowest BCUT2D eigenvalue weighted by atomic mass is 10.3. The Kier molecular flexibility index (Phi) is 5.14. The molecule has 0 aromatic heterocycles. The SMILES string of the molecule is C=C(C)N(CCC#N)C(=O)CCl. The molecule has 0 aliphatic carbocycles. The Balaban J connectivity index is 4.15. The van der Waals surface area contributed by atoms with Gasteiger partial charge < -0.3 is 4.90 Å². The van der Waals surface area contributed by atoms with E-state index in [9.17, 15) is 4.79 Å². The lowest BCUT2D eigenvalue weighted by Gasteiger charge is -2.19. The first-order chi connectivity index (χ1) is 5.63. The third kappa shape index (κ3) is 3.40. The fraction of sp³-hybridized carbons (Fsp3) is 0.500. The zero-order valence-electron chi connectivity index (χ0n) is 7.01. The molecule has 66 valence electrons. The second-order valence-corrected chi connectivity index (χ2v) is 2.59. The van der Waals surface area contributed by atoms with Gasteiger partial charge in [-0.25, -0.2) is 0 Å². The summed E-state index contributed by atoms with van der Waals surface area (Å²) in [6, 6.07) is 1.95. The largest absolute Gasteiger partial charge is 0.315 e. The molecule has 3 nitrogen and oxygen atoms in total. The van der Waals surface area contributed by atoms with Gasteiger partial charge in [0.05, 0.1) is 12.5 Å². The first-order valence-corrected chi connectivity index (χ1v) is 4.05. The van der Waals surface area contributed by atoms with E-state index in [1.54, 1.807) is 6.92 Å². The standard InChI is InChI=1S/C8H11ClN2O/c1-7(2)11(5-3-4-10)8(12)6-9/h1,3,5-6H2,2H3. The molecule has 0 saturated heterocycles. The van der Waals surface area contributed by atoms with Crippen molar-refractivity contribution in [1.82, 2.24) is 4.90 Å². The van der Waals surface area contributed by atoms with Crippen LogP contribution in [-0.2, 0) is 4.79 Å². The minimum absolute atomic E-state index is 0.0711. The molecular formula is C8H11ClN2O. The van der Waals surface area contributed by atoms with Crippen LogP contribution in [0.25, 0.3) is 0 Å². The Labute approximate surface area is 77.2 Å². The number of nitriles is 1. The van der Waals surface area contributed by atoms with Gasteiger partial charge in [-0.15, -0.1) is 11.6 Å². The van der Waals surface area contributed by atoms with Gasteiger partial charge in [-0.1, -0.05) is 6.58 Å². The molecule has 0 atom stereocenters. The van der Waals surface area contributed by atoms with Crippen LogP contribution in [-0.4, -0.2) is 23.2 Å². The number of nitrogens with zero attached hydrogens (tertiary/aromatic N) is 2. The Morgan fingerprint density at radius 1 is 1.75 bits per heavy atom. The second kappa shape index (κ2) is 5.62. The van der Waals surface area contributed by atoms with Crippen molar-refractivity contribution in [3.63, 3.8) is 0 Å². The Hall–Kier alpha value is -1.01. The van der Waals surface area contributed by atoms with Crippen molar-refractivity contribution >= 4 is 17.5 Å². The number of carbonyl (C=O) groups is 1. The number of halogens is 1. The van der Waals surface area contributed by atoms with Crippen LogP contribution in [0.1, 0.15) is 13.3 Å². The highest BCUT2D eigenvalue weighted by atomic mass is 35.5. The van der Waals surface area contributed by atoms with Gasteiger partial charge in [0.2, 0.25) is 5.91 Å². The molecule has 0 aromatic rings. The number of alkyl halides is 1. The maximum atomic E-state index is 11.1. The molecule has 0 N–H and O–H groups in total. The first-order valence-electron chi connectivity index (χ1n) is 3.52. The van der Waals surface area contributed by atoms with Gasteiger partial charge in [0.15, 0.2) is 0 Å². The molecule has 0 heterocycles. The van der Waals surface area contributed by atoms with Crippen molar-refractivity contribution in [2.24, 2.45) is 0 Å². The maximum Gasteiger partial charge on any atom is 0.241 e. The van der Waals surface area contributed by atoms with Crippen molar-refractivity contribution in [3.05, 3.63) is 12.3 Å². The molecule has 0 spiro atoms. The molecule has 0 saturated carbocycles. The third-order valence-corrected chi connectivity index (χ3v) is 1.55. The average Bonchev–Trinajstić information content (AvgIpc) is 2.04. The van der Waals surface area contributed by atoms with Gasteiger partial charge in [-0.05, 0) is 6.92 Å². The van der Waals surface area contributed by atoms with Gasteiger partial charge in [0, 0.05) is 12.2 Å². The summed E-state index contributed by atoms with van der Waals surface area (Å²) in [5.74, 6) is -0.280. The van der Waals surface area contributed by atoms with E-state index in [1.807, 2.05) is 6.07 Å². The van der Waals surface area contributed by atoms with Crippen molar-refractivity contribution in [3.8, 4) is 6.07 Å². The van der Waals surface area contributed by atoms with Crippen LogP contribution in [0.15, 0.2) is 12.3 Å². The summed E-state index contributed by atoms with van der Waals surface area (Å²) in [5, 5.41) is 8.30. The quantitative estimate of drug-likeness (QED) is 0.625. The van der Waals surface area contributed by atoms with E-state index in [-0.39, 0.29) is 11.8 Å². The summed E-state index contributed by atoms with van der Waals surface area (Å²) in [5.41, 5.74) is 0.621. The predicted molar refractivity (Wildman–Crippen MR) is 47.5 cm³/mol. The highest BCUT2D eigenvalue weighted by molar-refractivity contribution is 6.27. The zero-order valence-corrected chi connectivity index (χ0v) is 7.76. The van der Waals surface area contributed by atoms with Gasteiger partial charge >= 0.3 is 0 Å². The molecule has 0 unspecified atom stereocenters. The van der Waals surface area contributed by atoms with Crippen LogP contribution in [0, 0.1) is 11.3 Å². The average molecular weight is 187 g/mol. The molecule has 4 heteroatoms. The molecule has 0 aliphatic heterocycles. The smallest absolute Gasteiger partial charge is 0.241 e. The summed E-state index contributed by atoms with van der Waals surface area (Å²) in [6.45, 7) is 5.70. The maximum absolute atomic E-state index is 11.1. The topological polar surface area (TPSA) is 44.1 Å². The van der Waals surface area contributed by atoms with Gasteiger partial charge in [0.1, 0.15) is 5.88 Å². The highest BCUT2D eigenvalue weighted by Crippen LogP contribution is 2.03. The van der Waals surface area contributed by atoms with Crippen LogP contribution < -0.4 is 0 Å². The fourth-order valence-corrected chi connectivity index (χ4v) is 0.907. The molecule has 1 amide bonds. The van der Waals surface area contributed by atoms with Gasteiger partial charge in [-0.3, -0.25) is 4.79 Å². The Bertz CT molecular complexity index is 220. The molecule has 0 bridgehead atoms. The van der Waals surface area contributed by atoms with Crippen molar-refractivity contribution in [2.75, 3.05) is 12.4 Å². The molecule has 0 radical (unpaired) electrons. The lowest BCUT2D eigenvalue weighted by molar-refractivity contribution is -0.126. The van der Waals surface area contributed by atoms with Crippen molar-refractivity contribution < 1.29 is 4.79 Å². The zero-order chi connectivity index (χ0) is 9.56. The van der Waals surface area contributed by atoms with Crippen LogP contribution >= 0.6 is 11.6 Å². The molecular weight excluding hydrogens is 176 g/mol. The summed E-state index contributed by atoms with van der Waals surface area (Å²) in [6.07, 6.45) is 0.301. The van der Waals surface area contributed by atoms with Crippen molar-refractivity contribution in [2.45, 2.75) is 13.3 Å². The van der Waals surface area contributed by atoms with E-state index >= 15 is 0 Å². The van der Waals surface area contributed by atoms with E-state index in [4.69, 9.17) is 16.9 Å². The number of hydrogen-bond acceptors (Lipinski definition) is 2. The number of carbonyl (C=O) groups excluding carboxylic acids is 1. The summed E-state index contributed by atoms with van der Waals surface area (Å²) >= 11 is 5.35. The van der Waals surface area contributed by atoms with Gasteiger partial charge in [0.25, 0.3) is 0 Å². The van der Waals surface area contributed by atoms with Crippen LogP contribution in [0.3, 0.4) is 0 Å². The van der Waals surface area contributed by atoms with E-state index in [0.717, 1.165) is 0 Å². The summed E-state index contributed by atoms with van der Waals surface area (Å²) < 4.78 is 0. The lowest BCUT2D eigenvalue weighted by Crippen LogP contribution is -2.30. The molecule has 0 fully saturated rings. The molecule has 0 rings (SSSR count). The Morgan fingerprint density at radius 2 is 2.33 bits per heavy atom.